The fourth-order valence-corrected chi connectivity index (χ4v) is 0.873. The van der Waals surface area contributed by atoms with Gasteiger partial charge >= 0.3 is 6.16 Å². The largest absolute Gasteiger partial charge is 0.550 e. The number of carbonyl (C=O) groups excluding carboxylic acids is 1. The van der Waals surface area contributed by atoms with Gasteiger partial charge in [0, 0.05) is 6.61 Å². The lowest BCUT2D eigenvalue weighted by Gasteiger charge is -2.06. The lowest BCUT2D eigenvalue weighted by molar-refractivity contribution is -0.282. The van der Waals surface area contributed by atoms with E-state index in [9.17, 15) is 14.7 Å². The molecule has 0 spiro atoms. The molecule has 0 aromatic rings. The molecule has 0 amide bonds. The van der Waals surface area contributed by atoms with Gasteiger partial charge in [0.15, 0.2) is 0 Å². The third-order valence-corrected chi connectivity index (χ3v) is 1.48. The Balaban J connectivity index is 2.99. The van der Waals surface area contributed by atoms with Crippen LogP contribution in [0.25, 0.3) is 0 Å². The number of hydrogen-bond acceptors (Lipinski definition) is 5. The van der Waals surface area contributed by atoms with Gasteiger partial charge in [0.2, 0.25) is 0 Å². The van der Waals surface area contributed by atoms with Crippen LogP contribution in [0, 0.1) is 0 Å². The zero-order valence-corrected chi connectivity index (χ0v) is 7.73. The Morgan fingerprint density at radius 2 is 1.50 bits per heavy atom. The number of hydrogen-bond donors (Lipinski definition) is 1. The number of carbonyl (C=O) groups is 2. The molecule has 0 radical (unpaired) electrons. The fraction of sp³-hybridized carbons (Fsp3) is 0.750. The van der Waals surface area contributed by atoms with Crippen LogP contribution >= 0.6 is 0 Å². The Morgan fingerprint density at radius 1 is 1.00 bits per heavy atom. The molecule has 0 bridgehead atoms. The molecule has 0 aliphatic rings. The molecule has 0 aromatic carbocycles. The van der Waals surface area contributed by atoms with Gasteiger partial charge in [-0.05, 0) is 12.8 Å². The van der Waals surface area contributed by atoms with Crippen molar-refractivity contribution in [3.05, 3.63) is 0 Å². The summed E-state index contributed by atoms with van der Waals surface area (Å²) < 4.78 is 8.43. The van der Waals surface area contributed by atoms with Crippen molar-refractivity contribution in [2.45, 2.75) is 25.7 Å². The summed E-state index contributed by atoms with van der Waals surface area (Å²) in [6, 6.07) is 0. The molecular formula is C8H13O6-. The Kier molecular flexibility index (Phi) is 7.30. The van der Waals surface area contributed by atoms with Gasteiger partial charge in [-0.3, -0.25) is 0 Å². The molecule has 0 atom stereocenters. The van der Waals surface area contributed by atoms with Gasteiger partial charge in [-0.15, -0.1) is 0 Å². The van der Waals surface area contributed by atoms with Crippen LogP contribution in [0.1, 0.15) is 25.7 Å². The number of unbranched alkanes of at least 4 members (excludes halogenated alkanes) is 3. The van der Waals surface area contributed by atoms with E-state index in [-0.39, 0.29) is 13.2 Å². The molecule has 6 nitrogen and oxygen atoms in total. The minimum atomic E-state index is -1.51. The first-order valence-electron chi connectivity index (χ1n) is 4.32. The third kappa shape index (κ3) is 10.5. The van der Waals surface area contributed by atoms with Crippen molar-refractivity contribution in [3.63, 3.8) is 0 Å². The molecule has 6 heteroatoms. The van der Waals surface area contributed by atoms with Crippen LogP contribution in [-0.4, -0.2) is 30.6 Å². The molecule has 0 aliphatic heterocycles. The highest BCUT2D eigenvalue weighted by molar-refractivity contribution is 5.56. The summed E-state index contributed by atoms with van der Waals surface area (Å²) >= 11 is 0. The molecule has 82 valence electrons. The van der Waals surface area contributed by atoms with Crippen LogP contribution in [0.15, 0.2) is 0 Å². The lowest BCUT2D eigenvalue weighted by Crippen LogP contribution is -2.23. The van der Waals surface area contributed by atoms with Crippen molar-refractivity contribution in [1.29, 1.82) is 0 Å². The van der Waals surface area contributed by atoms with E-state index in [0.717, 1.165) is 12.8 Å². The SMILES string of the molecule is O=C([O-])OCCCCCCOC(=O)O. The van der Waals surface area contributed by atoms with Gasteiger partial charge in [-0.2, -0.15) is 0 Å². The Labute approximate surface area is 81.4 Å². The second-order valence-electron chi connectivity index (χ2n) is 2.63. The molecule has 0 saturated heterocycles. The monoisotopic (exact) mass is 205 g/mol. The van der Waals surface area contributed by atoms with Crippen molar-refractivity contribution in [1.82, 2.24) is 0 Å². The normalized spacial score (nSPS) is 9.43. The molecular weight excluding hydrogens is 192 g/mol. The van der Waals surface area contributed by atoms with E-state index in [1.54, 1.807) is 0 Å². The quantitative estimate of drug-likeness (QED) is 0.483. The molecule has 0 fully saturated rings. The first-order chi connectivity index (χ1) is 6.63. The first-order valence-corrected chi connectivity index (χ1v) is 4.32. The van der Waals surface area contributed by atoms with Crippen LogP contribution in [0.2, 0.25) is 0 Å². The topological polar surface area (TPSA) is 95.9 Å². The predicted molar refractivity (Wildman–Crippen MR) is 43.8 cm³/mol. The van der Waals surface area contributed by atoms with Crippen LogP contribution in [-0.2, 0) is 9.47 Å². The Bertz CT molecular complexity index is 159. The molecule has 1 N–H and O–H groups in total. The maximum Gasteiger partial charge on any atom is 0.505 e. The average molecular weight is 205 g/mol. The van der Waals surface area contributed by atoms with Gasteiger partial charge in [0.1, 0.15) is 0 Å². The van der Waals surface area contributed by atoms with Crippen molar-refractivity contribution in [2.24, 2.45) is 0 Å². The maximum atomic E-state index is 9.90. The van der Waals surface area contributed by atoms with Gasteiger partial charge in [0.25, 0.3) is 6.16 Å². The summed E-state index contributed by atoms with van der Waals surface area (Å²) in [5.41, 5.74) is 0. The highest BCUT2D eigenvalue weighted by Gasteiger charge is 1.95. The maximum absolute atomic E-state index is 9.90. The van der Waals surface area contributed by atoms with Crippen LogP contribution < -0.4 is 5.11 Å². The molecule has 14 heavy (non-hydrogen) atoms. The Hall–Kier alpha value is -1.46. The third-order valence-electron chi connectivity index (χ3n) is 1.48. The van der Waals surface area contributed by atoms with Crippen molar-refractivity contribution in [3.8, 4) is 0 Å². The first kappa shape index (κ1) is 12.5. The van der Waals surface area contributed by atoms with Gasteiger partial charge in [-0.1, -0.05) is 12.8 Å². The summed E-state index contributed by atoms with van der Waals surface area (Å²) in [6.07, 6.45) is 0.0167. The number of rotatable bonds is 7. The summed E-state index contributed by atoms with van der Waals surface area (Å²) in [5.74, 6) is 0. The second kappa shape index (κ2) is 8.15. The Morgan fingerprint density at radius 3 is 1.93 bits per heavy atom. The van der Waals surface area contributed by atoms with Crippen LogP contribution in [0.3, 0.4) is 0 Å². The molecule has 0 aliphatic carbocycles. The van der Waals surface area contributed by atoms with E-state index >= 15 is 0 Å². The predicted octanol–water partition coefficient (Wildman–Crippen LogP) is 0.601. The van der Waals surface area contributed by atoms with E-state index in [4.69, 9.17) is 5.11 Å². The van der Waals surface area contributed by atoms with Crippen molar-refractivity contribution < 1.29 is 29.3 Å². The zero-order chi connectivity index (χ0) is 10.8. The summed E-state index contributed by atoms with van der Waals surface area (Å²) in [7, 11) is 0. The average Bonchev–Trinajstić information content (AvgIpc) is 2.08. The van der Waals surface area contributed by atoms with E-state index < -0.39 is 12.3 Å². The van der Waals surface area contributed by atoms with Gasteiger partial charge in [-0.25, -0.2) is 4.79 Å². The lowest BCUT2D eigenvalue weighted by atomic mass is 10.2. The minimum absolute atomic E-state index is 0.127. The van der Waals surface area contributed by atoms with E-state index in [2.05, 4.69) is 9.47 Å². The summed E-state index contributed by atoms with van der Waals surface area (Å²) in [6.45, 7) is 0.304. The van der Waals surface area contributed by atoms with E-state index in [0.29, 0.717) is 12.8 Å². The van der Waals surface area contributed by atoms with E-state index in [1.165, 1.54) is 0 Å². The van der Waals surface area contributed by atoms with E-state index in [1.807, 2.05) is 0 Å². The number of carboxylic acid groups (broad SMARTS) is 2. The van der Waals surface area contributed by atoms with Gasteiger partial charge in [0.05, 0.1) is 6.61 Å². The summed E-state index contributed by atoms with van der Waals surface area (Å²) in [5, 5.41) is 17.9. The number of ether oxygens (including phenoxy) is 2. The van der Waals surface area contributed by atoms with Crippen molar-refractivity contribution >= 4 is 12.3 Å². The second-order valence-corrected chi connectivity index (χ2v) is 2.63. The van der Waals surface area contributed by atoms with Gasteiger partial charge < -0.3 is 24.5 Å². The van der Waals surface area contributed by atoms with Crippen LogP contribution in [0.5, 0.6) is 0 Å². The van der Waals surface area contributed by atoms with Crippen LogP contribution in [0.4, 0.5) is 9.59 Å². The highest BCUT2D eigenvalue weighted by atomic mass is 16.7. The highest BCUT2D eigenvalue weighted by Crippen LogP contribution is 2.00. The summed E-state index contributed by atoms with van der Waals surface area (Å²) in [4.78, 5) is 19.7. The standard InChI is InChI=1S/C8H14O6/c9-7(10)13-5-3-1-2-4-6-14-8(11)12/h1-6H2,(H,9,10)(H,11,12)/p-1. The molecule has 0 aromatic heterocycles. The molecule has 0 rings (SSSR count). The smallest absolute Gasteiger partial charge is 0.505 e. The molecule has 0 saturated carbocycles. The minimum Gasteiger partial charge on any atom is -0.550 e. The fourth-order valence-electron chi connectivity index (χ4n) is 0.873. The molecule has 0 heterocycles. The zero-order valence-electron chi connectivity index (χ0n) is 7.73. The molecule has 0 unspecified atom stereocenters. The van der Waals surface area contributed by atoms with Crippen molar-refractivity contribution in [2.75, 3.05) is 13.2 Å².